The highest BCUT2D eigenvalue weighted by atomic mass is 79.9. The molecule has 2 nitrogen and oxygen atoms in total. The number of benzene rings is 2. The molecule has 4 heteroatoms. The van der Waals surface area contributed by atoms with Gasteiger partial charge in [-0.3, -0.25) is 0 Å². The van der Waals surface area contributed by atoms with E-state index in [4.69, 9.17) is 16.3 Å². The van der Waals surface area contributed by atoms with E-state index in [0.29, 0.717) is 6.54 Å². The highest BCUT2D eigenvalue weighted by Crippen LogP contribution is 2.28. The highest BCUT2D eigenvalue weighted by Gasteiger charge is 2.06. The van der Waals surface area contributed by atoms with Crippen molar-refractivity contribution in [2.75, 3.05) is 11.9 Å². The molecule has 0 radical (unpaired) electrons. The van der Waals surface area contributed by atoms with E-state index < -0.39 is 0 Å². The van der Waals surface area contributed by atoms with Crippen molar-refractivity contribution >= 4 is 33.2 Å². The largest absolute Gasteiger partial charge is 0.491 e. The van der Waals surface area contributed by atoms with Crippen LogP contribution in [0.15, 0.2) is 40.9 Å². The molecule has 0 bridgehead atoms. The standard InChI is InChI=1S/C17H19BrClNO/c1-3-8-21-17-9-12(2)4-7-16(17)20-11-13-10-14(19)5-6-15(13)18/h4-7,9-10,20H,3,8,11H2,1-2H3. The lowest BCUT2D eigenvalue weighted by atomic mass is 10.2. The van der Waals surface area contributed by atoms with E-state index in [1.165, 1.54) is 5.56 Å². The van der Waals surface area contributed by atoms with Crippen LogP contribution in [-0.4, -0.2) is 6.61 Å². The third kappa shape index (κ3) is 4.65. The minimum Gasteiger partial charge on any atom is -0.491 e. The first-order valence-corrected chi connectivity index (χ1v) is 8.18. The maximum atomic E-state index is 6.05. The predicted molar refractivity (Wildman–Crippen MR) is 93.4 cm³/mol. The van der Waals surface area contributed by atoms with Crippen LogP contribution >= 0.6 is 27.5 Å². The first-order chi connectivity index (χ1) is 10.1. The lowest BCUT2D eigenvalue weighted by Gasteiger charge is -2.14. The normalized spacial score (nSPS) is 10.5. The zero-order valence-electron chi connectivity index (χ0n) is 12.2. The number of ether oxygens (including phenoxy) is 1. The van der Waals surface area contributed by atoms with Crippen LogP contribution in [0.25, 0.3) is 0 Å². The summed E-state index contributed by atoms with van der Waals surface area (Å²) in [4.78, 5) is 0. The third-order valence-electron chi connectivity index (χ3n) is 3.08. The fourth-order valence-corrected chi connectivity index (χ4v) is 2.56. The molecule has 0 aromatic heterocycles. The smallest absolute Gasteiger partial charge is 0.142 e. The molecule has 1 N–H and O–H groups in total. The second-order valence-corrected chi connectivity index (χ2v) is 6.23. The molecule has 0 fully saturated rings. The summed E-state index contributed by atoms with van der Waals surface area (Å²) < 4.78 is 6.85. The van der Waals surface area contributed by atoms with Gasteiger partial charge in [-0.1, -0.05) is 40.5 Å². The van der Waals surface area contributed by atoms with Crippen molar-refractivity contribution in [1.29, 1.82) is 0 Å². The van der Waals surface area contributed by atoms with Gasteiger partial charge in [0.2, 0.25) is 0 Å². The van der Waals surface area contributed by atoms with Gasteiger partial charge >= 0.3 is 0 Å². The number of aryl methyl sites for hydroxylation is 1. The van der Waals surface area contributed by atoms with E-state index in [2.05, 4.69) is 53.3 Å². The number of anilines is 1. The third-order valence-corrected chi connectivity index (χ3v) is 4.08. The first-order valence-electron chi connectivity index (χ1n) is 7.01. The quantitative estimate of drug-likeness (QED) is 0.694. The van der Waals surface area contributed by atoms with Gasteiger partial charge in [0.05, 0.1) is 12.3 Å². The Morgan fingerprint density at radius 3 is 2.76 bits per heavy atom. The van der Waals surface area contributed by atoms with Gasteiger partial charge in [0.1, 0.15) is 5.75 Å². The van der Waals surface area contributed by atoms with Crippen molar-refractivity contribution in [3.8, 4) is 5.75 Å². The van der Waals surface area contributed by atoms with Crippen molar-refractivity contribution in [2.45, 2.75) is 26.8 Å². The van der Waals surface area contributed by atoms with Gasteiger partial charge in [-0.25, -0.2) is 0 Å². The molecule has 0 saturated heterocycles. The van der Waals surface area contributed by atoms with Gasteiger partial charge in [-0.2, -0.15) is 0 Å². The van der Waals surface area contributed by atoms with E-state index in [1.807, 2.05) is 18.2 Å². The number of halogens is 2. The van der Waals surface area contributed by atoms with Gasteiger partial charge in [-0.05, 0) is 54.8 Å². The zero-order chi connectivity index (χ0) is 15.2. The Hall–Kier alpha value is -1.19. The van der Waals surface area contributed by atoms with Crippen molar-refractivity contribution in [2.24, 2.45) is 0 Å². The number of nitrogens with one attached hydrogen (secondary N) is 1. The Bertz CT molecular complexity index is 616. The van der Waals surface area contributed by atoms with Gasteiger partial charge in [0.25, 0.3) is 0 Å². The van der Waals surface area contributed by atoms with Crippen LogP contribution in [0.5, 0.6) is 5.75 Å². The molecular formula is C17H19BrClNO. The summed E-state index contributed by atoms with van der Waals surface area (Å²) in [6, 6.07) is 12.0. The molecule has 2 aromatic rings. The van der Waals surface area contributed by atoms with Gasteiger partial charge in [0.15, 0.2) is 0 Å². The average Bonchev–Trinajstić information content (AvgIpc) is 2.47. The second kappa shape index (κ2) is 7.71. The Labute approximate surface area is 139 Å². The number of hydrogen-bond donors (Lipinski definition) is 1. The predicted octanol–water partition coefficient (Wildman–Crippen LogP) is 5.81. The highest BCUT2D eigenvalue weighted by molar-refractivity contribution is 9.10. The van der Waals surface area contributed by atoms with Crippen LogP contribution in [0.3, 0.4) is 0 Å². The van der Waals surface area contributed by atoms with E-state index in [0.717, 1.165) is 39.5 Å². The van der Waals surface area contributed by atoms with Crippen molar-refractivity contribution in [3.05, 3.63) is 57.0 Å². The number of hydrogen-bond acceptors (Lipinski definition) is 2. The Morgan fingerprint density at radius 2 is 2.00 bits per heavy atom. The van der Waals surface area contributed by atoms with Gasteiger partial charge in [0, 0.05) is 16.0 Å². The molecule has 0 spiro atoms. The summed E-state index contributed by atoms with van der Waals surface area (Å²) in [6.07, 6.45) is 0.993. The molecule has 2 aromatic carbocycles. The maximum Gasteiger partial charge on any atom is 0.142 e. The number of rotatable bonds is 6. The summed E-state index contributed by atoms with van der Waals surface area (Å²) in [6.45, 7) is 5.58. The molecule has 0 unspecified atom stereocenters. The summed E-state index contributed by atoms with van der Waals surface area (Å²) >= 11 is 9.59. The summed E-state index contributed by atoms with van der Waals surface area (Å²) in [5.74, 6) is 0.898. The molecule has 2 rings (SSSR count). The van der Waals surface area contributed by atoms with Crippen LogP contribution in [0.2, 0.25) is 5.02 Å². The minimum atomic E-state index is 0.687. The molecule has 0 saturated carbocycles. The second-order valence-electron chi connectivity index (χ2n) is 4.94. The first kappa shape index (κ1) is 16.2. The Balaban J connectivity index is 2.13. The molecule has 21 heavy (non-hydrogen) atoms. The Morgan fingerprint density at radius 1 is 1.19 bits per heavy atom. The topological polar surface area (TPSA) is 21.3 Å². The van der Waals surface area contributed by atoms with Crippen molar-refractivity contribution in [3.63, 3.8) is 0 Å². The molecular weight excluding hydrogens is 350 g/mol. The molecule has 112 valence electrons. The van der Waals surface area contributed by atoms with E-state index in [9.17, 15) is 0 Å². The van der Waals surface area contributed by atoms with Crippen LogP contribution in [0, 0.1) is 6.92 Å². The molecule has 0 heterocycles. The maximum absolute atomic E-state index is 6.05. The lowest BCUT2D eigenvalue weighted by Crippen LogP contribution is -2.04. The van der Waals surface area contributed by atoms with Gasteiger partial charge in [-0.15, -0.1) is 0 Å². The summed E-state index contributed by atoms with van der Waals surface area (Å²) in [5.41, 5.74) is 3.31. The average molecular weight is 369 g/mol. The van der Waals surface area contributed by atoms with Gasteiger partial charge < -0.3 is 10.1 Å². The van der Waals surface area contributed by atoms with Crippen LogP contribution in [0.1, 0.15) is 24.5 Å². The monoisotopic (exact) mass is 367 g/mol. The molecule has 0 amide bonds. The minimum absolute atomic E-state index is 0.687. The van der Waals surface area contributed by atoms with Crippen LogP contribution < -0.4 is 10.1 Å². The summed E-state index contributed by atoms with van der Waals surface area (Å²) in [5, 5.41) is 4.16. The zero-order valence-corrected chi connectivity index (χ0v) is 14.6. The summed E-state index contributed by atoms with van der Waals surface area (Å²) in [7, 11) is 0. The van der Waals surface area contributed by atoms with Crippen LogP contribution in [0.4, 0.5) is 5.69 Å². The molecule has 0 aliphatic rings. The van der Waals surface area contributed by atoms with E-state index in [-0.39, 0.29) is 0 Å². The van der Waals surface area contributed by atoms with Crippen LogP contribution in [-0.2, 0) is 6.54 Å². The fraction of sp³-hybridized carbons (Fsp3) is 0.294. The van der Waals surface area contributed by atoms with E-state index >= 15 is 0 Å². The van der Waals surface area contributed by atoms with E-state index in [1.54, 1.807) is 0 Å². The van der Waals surface area contributed by atoms with Crippen molar-refractivity contribution < 1.29 is 4.74 Å². The Kier molecular flexibility index (Phi) is 5.95. The SMILES string of the molecule is CCCOc1cc(C)ccc1NCc1cc(Cl)ccc1Br. The van der Waals surface area contributed by atoms with Crippen molar-refractivity contribution in [1.82, 2.24) is 0 Å². The molecule has 0 atom stereocenters. The lowest BCUT2D eigenvalue weighted by molar-refractivity contribution is 0.318. The molecule has 0 aliphatic heterocycles. The fourth-order valence-electron chi connectivity index (χ4n) is 1.98. The molecule has 0 aliphatic carbocycles.